The van der Waals surface area contributed by atoms with E-state index in [0.29, 0.717) is 18.1 Å². The van der Waals surface area contributed by atoms with Gasteiger partial charge >= 0.3 is 0 Å². The van der Waals surface area contributed by atoms with E-state index in [1.165, 1.54) is 5.57 Å². The van der Waals surface area contributed by atoms with Gasteiger partial charge in [-0.25, -0.2) is 0 Å². The van der Waals surface area contributed by atoms with E-state index in [9.17, 15) is 4.79 Å². The third kappa shape index (κ3) is 3.69. The van der Waals surface area contributed by atoms with Gasteiger partial charge in [-0.1, -0.05) is 53.6 Å². The van der Waals surface area contributed by atoms with Crippen molar-refractivity contribution in [3.05, 3.63) is 76.3 Å². The number of fused-ring (bicyclic) bond motifs is 1. The van der Waals surface area contributed by atoms with Crippen LogP contribution in [0.25, 0.3) is 0 Å². The standard InChI is InChI=1S/C20H21ClN2O/c1-14(2)10-11-23-13-16-12-17(21)8-9-18(16)22-20(24)19(23)15-6-4-3-5-7-15/h3-10,12,19H,11,13H2,1-2H3,(H,22,24). The molecule has 0 saturated heterocycles. The van der Waals surface area contributed by atoms with Crippen LogP contribution in [0, 0.1) is 0 Å². The Kier molecular flexibility index (Phi) is 5.03. The molecule has 0 saturated carbocycles. The van der Waals surface area contributed by atoms with Gasteiger partial charge in [0.25, 0.3) is 0 Å². The van der Waals surface area contributed by atoms with Crippen molar-refractivity contribution in [2.75, 3.05) is 11.9 Å². The molecular formula is C20H21ClN2O. The zero-order valence-electron chi connectivity index (χ0n) is 13.9. The van der Waals surface area contributed by atoms with E-state index in [0.717, 1.165) is 16.8 Å². The Morgan fingerprint density at radius 2 is 2.00 bits per heavy atom. The molecule has 1 heterocycles. The molecule has 1 atom stereocenters. The van der Waals surface area contributed by atoms with Crippen molar-refractivity contribution in [2.45, 2.75) is 26.4 Å². The van der Waals surface area contributed by atoms with E-state index >= 15 is 0 Å². The molecule has 0 fully saturated rings. The first kappa shape index (κ1) is 16.7. The Hall–Kier alpha value is -2.10. The van der Waals surface area contributed by atoms with E-state index in [4.69, 9.17) is 11.6 Å². The van der Waals surface area contributed by atoms with E-state index in [2.05, 4.69) is 30.1 Å². The van der Waals surface area contributed by atoms with Crippen LogP contribution in [0.3, 0.4) is 0 Å². The maximum absolute atomic E-state index is 12.9. The van der Waals surface area contributed by atoms with Crippen LogP contribution in [0.5, 0.6) is 0 Å². The van der Waals surface area contributed by atoms with E-state index in [1.807, 2.05) is 48.5 Å². The van der Waals surface area contributed by atoms with Crippen molar-refractivity contribution in [3.63, 3.8) is 0 Å². The first-order chi connectivity index (χ1) is 11.5. The van der Waals surface area contributed by atoms with E-state index in [1.54, 1.807) is 0 Å². The number of nitrogens with zero attached hydrogens (tertiary/aromatic N) is 1. The quantitative estimate of drug-likeness (QED) is 0.814. The minimum Gasteiger partial charge on any atom is -0.324 e. The second-order valence-electron chi connectivity index (χ2n) is 6.31. The summed E-state index contributed by atoms with van der Waals surface area (Å²) in [7, 11) is 0. The third-order valence-electron chi connectivity index (χ3n) is 4.16. The average molecular weight is 341 g/mol. The molecule has 1 aliphatic heterocycles. The highest BCUT2D eigenvalue weighted by Crippen LogP contribution is 2.32. The molecule has 24 heavy (non-hydrogen) atoms. The van der Waals surface area contributed by atoms with Crippen LogP contribution in [-0.2, 0) is 11.3 Å². The van der Waals surface area contributed by atoms with Gasteiger partial charge in [0.05, 0.1) is 0 Å². The minimum absolute atomic E-state index is 0.00979. The molecule has 0 aromatic heterocycles. The van der Waals surface area contributed by atoms with Crippen LogP contribution in [0.2, 0.25) is 5.02 Å². The van der Waals surface area contributed by atoms with Gasteiger partial charge < -0.3 is 5.32 Å². The van der Waals surface area contributed by atoms with Gasteiger partial charge in [0.2, 0.25) is 5.91 Å². The SMILES string of the molecule is CC(C)=CCN1Cc2cc(Cl)ccc2NC(=O)C1c1ccccc1. The number of anilines is 1. The van der Waals surface area contributed by atoms with Crippen molar-refractivity contribution in [2.24, 2.45) is 0 Å². The van der Waals surface area contributed by atoms with Gasteiger partial charge in [0.15, 0.2) is 0 Å². The zero-order chi connectivity index (χ0) is 17.1. The van der Waals surface area contributed by atoms with Crippen LogP contribution in [0.15, 0.2) is 60.2 Å². The Balaban J connectivity index is 2.03. The fraction of sp³-hybridized carbons (Fsp3) is 0.250. The number of halogens is 1. The van der Waals surface area contributed by atoms with Crippen molar-refractivity contribution in [1.82, 2.24) is 4.90 Å². The maximum atomic E-state index is 12.9. The molecule has 0 aliphatic carbocycles. The molecule has 0 radical (unpaired) electrons. The maximum Gasteiger partial charge on any atom is 0.246 e. The second-order valence-corrected chi connectivity index (χ2v) is 6.75. The molecule has 1 unspecified atom stereocenters. The predicted octanol–water partition coefficient (Wildman–Crippen LogP) is 4.80. The number of hydrogen-bond acceptors (Lipinski definition) is 2. The molecule has 124 valence electrons. The molecule has 3 nitrogen and oxygen atoms in total. The van der Waals surface area contributed by atoms with Gasteiger partial charge in [-0.2, -0.15) is 0 Å². The monoisotopic (exact) mass is 340 g/mol. The number of nitrogens with one attached hydrogen (secondary N) is 1. The van der Waals surface area contributed by atoms with Crippen LogP contribution in [0.4, 0.5) is 5.69 Å². The van der Waals surface area contributed by atoms with Crippen LogP contribution in [0.1, 0.15) is 31.0 Å². The lowest BCUT2D eigenvalue weighted by Gasteiger charge is -2.27. The summed E-state index contributed by atoms with van der Waals surface area (Å²) in [4.78, 5) is 15.1. The molecule has 4 heteroatoms. The summed E-state index contributed by atoms with van der Waals surface area (Å²) in [5.41, 5.74) is 4.11. The lowest BCUT2D eigenvalue weighted by atomic mass is 10.0. The molecule has 2 aromatic rings. The highest BCUT2D eigenvalue weighted by atomic mass is 35.5. The van der Waals surface area contributed by atoms with Crippen molar-refractivity contribution in [1.29, 1.82) is 0 Å². The number of benzene rings is 2. The fourth-order valence-electron chi connectivity index (χ4n) is 2.96. The third-order valence-corrected chi connectivity index (χ3v) is 4.40. The highest BCUT2D eigenvalue weighted by Gasteiger charge is 2.31. The van der Waals surface area contributed by atoms with Crippen molar-refractivity contribution >= 4 is 23.2 Å². The largest absolute Gasteiger partial charge is 0.324 e. The summed E-state index contributed by atoms with van der Waals surface area (Å²) in [5, 5.41) is 3.74. The topological polar surface area (TPSA) is 32.3 Å². The number of rotatable bonds is 3. The molecule has 0 bridgehead atoms. The Morgan fingerprint density at radius 3 is 2.71 bits per heavy atom. The molecule has 1 aliphatic rings. The highest BCUT2D eigenvalue weighted by molar-refractivity contribution is 6.30. The molecule has 0 spiro atoms. The molecule has 1 N–H and O–H groups in total. The molecule has 2 aromatic carbocycles. The summed E-state index contributed by atoms with van der Waals surface area (Å²) < 4.78 is 0. The van der Waals surface area contributed by atoms with Gasteiger partial charge in [-0.05, 0) is 43.2 Å². The summed E-state index contributed by atoms with van der Waals surface area (Å²) in [6, 6.07) is 15.2. The van der Waals surface area contributed by atoms with Crippen LogP contribution >= 0.6 is 11.6 Å². The molecule has 1 amide bonds. The zero-order valence-corrected chi connectivity index (χ0v) is 14.7. The minimum atomic E-state index is -0.326. The fourth-order valence-corrected chi connectivity index (χ4v) is 3.15. The van der Waals surface area contributed by atoms with Crippen molar-refractivity contribution in [3.8, 4) is 0 Å². The normalized spacial score (nSPS) is 17.6. The van der Waals surface area contributed by atoms with E-state index in [-0.39, 0.29) is 11.9 Å². The predicted molar refractivity (Wildman–Crippen MR) is 99.1 cm³/mol. The first-order valence-electron chi connectivity index (χ1n) is 8.06. The first-order valence-corrected chi connectivity index (χ1v) is 8.44. The Morgan fingerprint density at radius 1 is 1.25 bits per heavy atom. The number of allylic oxidation sites excluding steroid dienone is 1. The Labute approximate surface area is 147 Å². The van der Waals surface area contributed by atoms with Crippen LogP contribution in [-0.4, -0.2) is 17.4 Å². The molecule has 3 rings (SSSR count). The summed E-state index contributed by atoms with van der Waals surface area (Å²) >= 11 is 6.15. The molecular weight excluding hydrogens is 320 g/mol. The Bertz CT molecular complexity index is 766. The summed E-state index contributed by atoms with van der Waals surface area (Å²) in [6.07, 6.45) is 2.15. The van der Waals surface area contributed by atoms with Crippen molar-refractivity contribution < 1.29 is 4.79 Å². The average Bonchev–Trinajstić information content (AvgIpc) is 2.69. The van der Waals surface area contributed by atoms with E-state index < -0.39 is 0 Å². The second kappa shape index (κ2) is 7.20. The smallest absolute Gasteiger partial charge is 0.246 e. The van der Waals surface area contributed by atoms with Gasteiger partial charge in [-0.3, -0.25) is 9.69 Å². The number of amides is 1. The van der Waals surface area contributed by atoms with Crippen LogP contribution < -0.4 is 5.32 Å². The lowest BCUT2D eigenvalue weighted by molar-refractivity contribution is -0.121. The number of carbonyl (C=O) groups is 1. The lowest BCUT2D eigenvalue weighted by Crippen LogP contribution is -2.34. The van der Waals surface area contributed by atoms with Gasteiger partial charge in [-0.15, -0.1) is 0 Å². The van der Waals surface area contributed by atoms with Gasteiger partial charge in [0.1, 0.15) is 6.04 Å². The summed E-state index contributed by atoms with van der Waals surface area (Å²) in [5.74, 6) is -0.00979. The summed E-state index contributed by atoms with van der Waals surface area (Å²) in [6.45, 7) is 5.51. The number of hydrogen-bond donors (Lipinski definition) is 1. The number of carbonyl (C=O) groups excluding carboxylic acids is 1. The van der Waals surface area contributed by atoms with Gasteiger partial charge in [0, 0.05) is 23.8 Å².